The molecule has 0 atom stereocenters. The Morgan fingerprint density at radius 3 is 2.10 bits per heavy atom. The van der Waals surface area contributed by atoms with Gasteiger partial charge < -0.3 is 0 Å². The molecule has 0 fully saturated rings. The summed E-state index contributed by atoms with van der Waals surface area (Å²) in [7, 11) is -4.21. The fourth-order valence-corrected chi connectivity index (χ4v) is 4.40. The molecule has 150 valence electrons. The summed E-state index contributed by atoms with van der Waals surface area (Å²) in [5.41, 5.74) is 6.37. The van der Waals surface area contributed by atoms with Gasteiger partial charge in [0, 0.05) is 0 Å². The highest BCUT2D eigenvalue weighted by atomic mass is 32.2. The maximum atomic E-state index is 12.6. The fourth-order valence-electron chi connectivity index (χ4n) is 3.62. The predicted molar refractivity (Wildman–Crippen MR) is 116 cm³/mol. The third-order valence-electron chi connectivity index (χ3n) is 5.42. The number of aryl methyl sites for hydroxylation is 6. The highest BCUT2D eigenvalue weighted by molar-refractivity contribution is 7.86. The first-order chi connectivity index (χ1) is 14.7. The number of hydrogen-bond donors (Lipinski definition) is 0. The van der Waals surface area contributed by atoms with Crippen LogP contribution in [0.15, 0.2) is 71.6 Å². The lowest BCUT2D eigenvalue weighted by Gasteiger charge is -2.14. The zero-order valence-corrected chi connectivity index (χ0v) is 17.3. The molecule has 4 heteroatoms. The van der Waals surface area contributed by atoms with E-state index in [1.165, 1.54) is 23.3 Å². The zero-order valence-electron chi connectivity index (χ0n) is 18.5. The second-order valence-corrected chi connectivity index (χ2v) is 9.14. The molecule has 7 rings (SSSR count). The number of benzene rings is 3. The molecular formula is C25H26O3S. The first-order valence-electron chi connectivity index (χ1n) is 10.9. The lowest BCUT2D eigenvalue weighted by molar-refractivity contribution is 0.321. The van der Waals surface area contributed by atoms with Crippen molar-refractivity contribution in [2.45, 2.75) is 43.9 Å². The van der Waals surface area contributed by atoms with Crippen molar-refractivity contribution in [1.82, 2.24) is 0 Å². The normalized spacial score (nSPS) is 15.3. The summed E-state index contributed by atoms with van der Waals surface area (Å²) < 4.78 is 47.0. The highest BCUT2D eigenvalue weighted by Gasteiger charge is 2.15. The summed E-state index contributed by atoms with van der Waals surface area (Å²) in [6, 6.07) is 21.0. The first kappa shape index (κ1) is 17.4. The molecule has 0 heterocycles. The summed E-state index contributed by atoms with van der Waals surface area (Å²) in [4.78, 5) is -0.0406. The van der Waals surface area contributed by atoms with Crippen molar-refractivity contribution in [3.8, 4) is 0 Å². The van der Waals surface area contributed by atoms with E-state index in [4.69, 9.17) is 6.92 Å². The number of rotatable bonds is 5. The monoisotopic (exact) mass is 408 g/mol. The molecule has 0 aromatic heterocycles. The largest absolute Gasteiger partial charge is 0.296 e. The summed E-state index contributed by atoms with van der Waals surface area (Å²) in [6.07, 6.45) is 3.23. The summed E-state index contributed by atoms with van der Waals surface area (Å²) >= 11 is 0. The standard InChI is InChI=1S/C25H26O3S/c1-19-2-14-25(15-3-19)29(26,27)28-17-16-24-18-22-9-8-20-4-6-21(7-5-20)10-12-23(24)13-11-22/h2-7,11,13-15,18H,8-10,12,16-17H2,1H3/i17D2. The predicted octanol–water partition coefficient (Wildman–Crippen LogP) is 4.83. The van der Waals surface area contributed by atoms with Crippen LogP contribution in [-0.4, -0.2) is 15.0 Å². The van der Waals surface area contributed by atoms with E-state index >= 15 is 0 Å². The van der Waals surface area contributed by atoms with E-state index in [0.717, 1.165) is 47.9 Å². The van der Waals surface area contributed by atoms with Crippen molar-refractivity contribution in [1.29, 1.82) is 0 Å². The van der Waals surface area contributed by atoms with Gasteiger partial charge in [0.15, 0.2) is 0 Å². The lowest BCUT2D eigenvalue weighted by atomic mass is 9.92. The van der Waals surface area contributed by atoms with E-state index in [2.05, 4.69) is 30.3 Å². The Kier molecular flexibility index (Phi) is 5.12. The van der Waals surface area contributed by atoms with Crippen LogP contribution in [0.3, 0.4) is 0 Å². The van der Waals surface area contributed by atoms with Crippen molar-refractivity contribution in [3.63, 3.8) is 0 Å². The first-order valence-corrected chi connectivity index (χ1v) is 11.3. The van der Waals surface area contributed by atoms with E-state index in [1.807, 2.05) is 19.1 Å². The molecule has 29 heavy (non-hydrogen) atoms. The van der Waals surface area contributed by atoms with E-state index < -0.39 is 16.7 Å². The zero-order chi connectivity index (χ0) is 22.1. The molecule has 3 aromatic carbocycles. The Hall–Kier alpha value is -2.43. The van der Waals surface area contributed by atoms with Gasteiger partial charge >= 0.3 is 0 Å². The highest BCUT2D eigenvalue weighted by Crippen LogP contribution is 2.21. The second-order valence-electron chi connectivity index (χ2n) is 7.59. The van der Waals surface area contributed by atoms with Crippen LogP contribution in [0.25, 0.3) is 0 Å². The minimum absolute atomic E-state index is 0.0406. The Morgan fingerprint density at radius 1 is 0.828 bits per heavy atom. The molecule has 0 N–H and O–H groups in total. The van der Waals surface area contributed by atoms with Gasteiger partial charge in [-0.05, 0) is 79.0 Å². The van der Waals surface area contributed by atoms with Crippen LogP contribution in [0.4, 0.5) is 0 Å². The summed E-state index contributed by atoms with van der Waals surface area (Å²) in [5, 5.41) is 0. The van der Waals surface area contributed by atoms with Crippen molar-refractivity contribution in [2.75, 3.05) is 6.56 Å². The van der Waals surface area contributed by atoms with Crippen LogP contribution in [-0.2, 0) is 46.4 Å². The van der Waals surface area contributed by atoms with Crippen molar-refractivity contribution >= 4 is 10.1 Å². The molecule has 0 saturated carbocycles. The minimum atomic E-state index is -4.21. The average Bonchev–Trinajstić information content (AvgIpc) is 2.70. The quantitative estimate of drug-likeness (QED) is 0.568. The van der Waals surface area contributed by atoms with Gasteiger partial charge in [0.05, 0.1) is 14.2 Å². The molecule has 0 aliphatic heterocycles. The molecule has 3 nitrogen and oxygen atoms in total. The minimum Gasteiger partial charge on any atom is -0.266 e. The molecule has 0 radical (unpaired) electrons. The summed E-state index contributed by atoms with van der Waals surface area (Å²) in [5.74, 6) is 0. The van der Waals surface area contributed by atoms with Gasteiger partial charge in [-0.1, -0.05) is 60.2 Å². The molecule has 4 aliphatic rings. The molecule has 0 amide bonds. The van der Waals surface area contributed by atoms with Crippen LogP contribution >= 0.6 is 0 Å². The smallest absolute Gasteiger partial charge is 0.266 e. The van der Waals surface area contributed by atoms with Crippen LogP contribution in [0.1, 0.15) is 36.1 Å². The maximum absolute atomic E-state index is 12.6. The van der Waals surface area contributed by atoms with E-state index in [0.29, 0.717) is 0 Å². The van der Waals surface area contributed by atoms with Crippen LogP contribution < -0.4 is 0 Å². The molecule has 0 spiro atoms. The van der Waals surface area contributed by atoms with Crippen LogP contribution in [0, 0.1) is 6.92 Å². The Balaban J connectivity index is 1.58. The van der Waals surface area contributed by atoms with Crippen molar-refractivity contribution < 1.29 is 15.3 Å². The molecular weight excluding hydrogens is 380 g/mol. The fraction of sp³-hybridized carbons (Fsp3) is 0.280. The molecule has 0 unspecified atom stereocenters. The van der Waals surface area contributed by atoms with Gasteiger partial charge in [-0.2, -0.15) is 8.42 Å². The maximum Gasteiger partial charge on any atom is 0.296 e. The summed E-state index contributed by atoms with van der Waals surface area (Å²) in [6.45, 7) is -0.493. The van der Waals surface area contributed by atoms with E-state index in [1.54, 1.807) is 12.1 Å². The molecule has 3 aromatic rings. The van der Waals surface area contributed by atoms with Crippen molar-refractivity contribution in [3.05, 3.63) is 100 Å². The Bertz CT molecular complexity index is 1170. The molecule has 0 saturated heterocycles. The van der Waals surface area contributed by atoms with Gasteiger partial charge in [0.2, 0.25) is 0 Å². The average molecular weight is 409 g/mol. The van der Waals surface area contributed by atoms with Gasteiger partial charge in [0.25, 0.3) is 10.1 Å². The van der Waals surface area contributed by atoms with Gasteiger partial charge in [-0.25, -0.2) is 0 Å². The third-order valence-corrected chi connectivity index (χ3v) is 6.61. The van der Waals surface area contributed by atoms with Crippen LogP contribution in [0.5, 0.6) is 0 Å². The third kappa shape index (κ3) is 4.95. The SMILES string of the molecule is [2H]C([2H])(Cc1cc2ccc1CCc1ccc(cc1)CC2)OS(=O)(=O)c1ccc(C)cc1. The Morgan fingerprint density at radius 2 is 1.41 bits per heavy atom. The molecule has 4 aliphatic carbocycles. The van der Waals surface area contributed by atoms with Gasteiger partial charge in [-0.3, -0.25) is 4.18 Å². The number of hydrogen-bond acceptors (Lipinski definition) is 3. The van der Waals surface area contributed by atoms with Crippen LogP contribution in [0.2, 0.25) is 0 Å². The van der Waals surface area contributed by atoms with Crippen molar-refractivity contribution in [2.24, 2.45) is 0 Å². The molecule has 4 bridgehead atoms. The van der Waals surface area contributed by atoms with Gasteiger partial charge in [0.1, 0.15) is 0 Å². The Labute approximate surface area is 176 Å². The topological polar surface area (TPSA) is 43.4 Å². The van der Waals surface area contributed by atoms with Gasteiger partial charge in [-0.15, -0.1) is 0 Å². The lowest BCUT2D eigenvalue weighted by Crippen LogP contribution is -2.11. The second kappa shape index (κ2) is 8.52. The van der Waals surface area contributed by atoms with E-state index in [-0.39, 0.29) is 11.3 Å². The van der Waals surface area contributed by atoms with E-state index in [9.17, 15) is 8.42 Å².